The normalized spacial score (nSPS) is 21.7. The lowest BCUT2D eigenvalue weighted by Gasteiger charge is -2.28. The lowest BCUT2D eigenvalue weighted by atomic mass is 9.77. The Morgan fingerprint density at radius 1 is 0.837 bits per heavy atom. The third-order valence-corrected chi connectivity index (χ3v) is 8.55. The molecule has 0 saturated heterocycles. The van der Waals surface area contributed by atoms with E-state index < -0.39 is 0 Å². The third kappa shape index (κ3) is 9.83. The Morgan fingerprint density at radius 2 is 1.51 bits per heavy atom. The van der Waals surface area contributed by atoms with E-state index in [2.05, 4.69) is 22.8 Å². The van der Waals surface area contributed by atoms with Gasteiger partial charge in [-0.15, -0.1) is 0 Å². The van der Waals surface area contributed by atoms with Crippen LogP contribution in [0, 0.1) is 11.8 Å². The molecule has 2 aliphatic carbocycles. The number of hydrogen-bond acceptors (Lipinski definition) is 7. The van der Waals surface area contributed by atoms with Crippen LogP contribution in [0.2, 0.25) is 0 Å². The first-order valence-corrected chi connectivity index (χ1v) is 15.5. The van der Waals surface area contributed by atoms with E-state index in [1.54, 1.807) is 24.3 Å². The van der Waals surface area contributed by atoms with Gasteiger partial charge in [-0.2, -0.15) is 0 Å². The molecule has 0 heterocycles. The van der Waals surface area contributed by atoms with Crippen LogP contribution in [-0.2, 0) is 23.9 Å². The molecule has 0 aliphatic heterocycles. The maximum atomic E-state index is 12.6. The second kappa shape index (κ2) is 16.1. The summed E-state index contributed by atoms with van der Waals surface area (Å²) in [5, 5.41) is 5.70. The van der Waals surface area contributed by atoms with Crippen LogP contribution in [0.15, 0.2) is 48.5 Å². The lowest BCUT2D eigenvalue weighted by molar-refractivity contribution is -0.149. The molecule has 0 unspecified atom stereocenters. The second-order valence-corrected chi connectivity index (χ2v) is 11.5. The summed E-state index contributed by atoms with van der Waals surface area (Å²) < 4.78 is 16.0. The zero-order chi connectivity index (χ0) is 30.6. The van der Waals surface area contributed by atoms with Gasteiger partial charge in [-0.1, -0.05) is 12.1 Å². The topological polar surface area (TPSA) is 120 Å². The number of nitrogens with one attached hydrogen (secondary N) is 2. The third-order valence-electron chi connectivity index (χ3n) is 8.55. The molecule has 2 amide bonds. The largest absolute Gasteiger partial charge is 0.490 e. The number of carbonyl (C=O) groups is 4. The predicted molar refractivity (Wildman–Crippen MR) is 163 cm³/mol. The highest BCUT2D eigenvalue weighted by atomic mass is 16.5. The minimum absolute atomic E-state index is 0.0411. The predicted octanol–water partition coefficient (Wildman–Crippen LogP) is 5.78. The number of esters is 2. The summed E-state index contributed by atoms with van der Waals surface area (Å²) in [6.45, 7) is 2.44. The highest BCUT2D eigenvalue weighted by Crippen LogP contribution is 2.37. The van der Waals surface area contributed by atoms with Crippen LogP contribution in [0.1, 0.15) is 93.0 Å². The van der Waals surface area contributed by atoms with E-state index >= 15 is 0 Å². The SMILES string of the molecule is CCOC(=O)[C@H]1CC[C@H](Oc2ccc(C(=O)NCCC(=O)Nc3ccc(C4CCC(CC(=O)OC)CC4)cc3)cc2)CC1. The molecule has 4 rings (SSSR count). The highest BCUT2D eigenvalue weighted by Gasteiger charge is 2.28. The molecule has 0 atom stereocenters. The fourth-order valence-electron chi connectivity index (χ4n) is 6.03. The van der Waals surface area contributed by atoms with Crippen LogP contribution in [0.5, 0.6) is 5.75 Å². The summed E-state index contributed by atoms with van der Waals surface area (Å²) in [5.41, 5.74) is 2.47. The molecule has 2 aromatic rings. The Bertz CT molecular complexity index is 1210. The van der Waals surface area contributed by atoms with Crippen molar-refractivity contribution in [2.24, 2.45) is 11.8 Å². The average Bonchev–Trinajstić information content (AvgIpc) is 3.02. The lowest BCUT2D eigenvalue weighted by Crippen LogP contribution is -2.29. The van der Waals surface area contributed by atoms with E-state index in [-0.39, 0.29) is 48.7 Å². The molecule has 2 N–H and O–H groups in total. The number of benzene rings is 2. The van der Waals surface area contributed by atoms with E-state index in [4.69, 9.17) is 14.2 Å². The van der Waals surface area contributed by atoms with Crippen LogP contribution in [0.4, 0.5) is 5.69 Å². The standard InChI is InChI=1S/C34H44N2O7/c1-3-42-34(40)27-12-18-30(19-13-27)43-29-16-10-26(11-17-29)33(39)35-21-20-31(37)36-28-14-8-25(9-15-28)24-6-4-23(5-7-24)22-32(38)41-2/h8-11,14-17,23-24,27,30H,3-7,12-13,18-22H2,1-2H3,(H,35,39)(H,36,37)/t23?,24?,27-,30-. The van der Waals surface area contributed by atoms with Crippen LogP contribution < -0.4 is 15.4 Å². The molecule has 9 nitrogen and oxygen atoms in total. The first-order valence-electron chi connectivity index (χ1n) is 15.5. The monoisotopic (exact) mass is 592 g/mol. The molecule has 2 aromatic carbocycles. The summed E-state index contributed by atoms with van der Waals surface area (Å²) in [6, 6.07) is 14.9. The van der Waals surface area contributed by atoms with Crippen molar-refractivity contribution >= 4 is 29.4 Å². The number of methoxy groups -OCH3 is 1. The van der Waals surface area contributed by atoms with Crippen molar-refractivity contribution in [3.05, 3.63) is 59.7 Å². The van der Waals surface area contributed by atoms with Gasteiger partial charge in [0.15, 0.2) is 0 Å². The molecule has 0 aromatic heterocycles. The second-order valence-electron chi connectivity index (χ2n) is 11.5. The van der Waals surface area contributed by atoms with Crippen molar-refractivity contribution in [3.8, 4) is 5.75 Å². The zero-order valence-corrected chi connectivity index (χ0v) is 25.3. The van der Waals surface area contributed by atoms with E-state index in [1.807, 2.05) is 19.1 Å². The first-order chi connectivity index (χ1) is 20.8. The van der Waals surface area contributed by atoms with E-state index in [1.165, 1.54) is 12.7 Å². The maximum Gasteiger partial charge on any atom is 0.308 e. The number of hydrogen-bond donors (Lipinski definition) is 2. The van der Waals surface area contributed by atoms with Crippen LogP contribution >= 0.6 is 0 Å². The summed E-state index contributed by atoms with van der Waals surface area (Å²) >= 11 is 0. The molecule has 2 aliphatic rings. The van der Waals surface area contributed by atoms with Crippen molar-refractivity contribution in [1.29, 1.82) is 0 Å². The molecule has 0 bridgehead atoms. The van der Waals surface area contributed by atoms with Gasteiger partial charge in [0, 0.05) is 30.6 Å². The summed E-state index contributed by atoms with van der Waals surface area (Å²) in [7, 11) is 1.44. The van der Waals surface area contributed by atoms with Gasteiger partial charge in [-0.05, 0) is 112 Å². The van der Waals surface area contributed by atoms with Gasteiger partial charge in [0.2, 0.25) is 5.91 Å². The summed E-state index contributed by atoms with van der Waals surface area (Å²) in [4.78, 5) is 48.5. The van der Waals surface area contributed by atoms with Gasteiger partial charge in [0.05, 0.1) is 25.7 Å². The Hall–Kier alpha value is -3.88. The molecule has 2 saturated carbocycles. The molecule has 0 spiro atoms. The molecule has 43 heavy (non-hydrogen) atoms. The fraction of sp³-hybridized carbons (Fsp3) is 0.529. The number of ether oxygens (including phenoxy) is 3. The molecular formula is C34H44N2O7. The zero-order valence-electron chi connectivity index (χ0n) is 25.3. The number of carbonyl (C=O) groups excluding carboxylic acids is 4. The van der Waals surface area contributed by atoms with Crippen LogP contribution in [0.3, 0.4) is 0 Å². The van der Waals surface area contributed by atoms with Crippen LogP contribution in [0.25, 0.3) is 0 Å². The van der Waals surface area contributed by atoms with Crippen molar-refractivity contribution in [1.82, 2.24) is 5.32 Å². The Kier molecular flexibility index (Phi) is 12.0. The van der Waals surface area contributed by atoms with Gasteiger partial charge in [0.1, 0.15) is 5.75 Å². The van der Waals surface area contributed by atoms with Crippen molar-refractivity contribution in [2.45, 2.75) is 83.2 Å². The van der Waals surface area contributed by atoms with Crippen molar-refractivity contribution in [2.75, 3.05) is 25.6 Å². The number of rotatable bonds is 12. The number of anilines is 1. The Morgan fingerprint density at radius 3 is 2.14 bits per heavy atom. The van der Waals surface area contributed by atoms with E-state index in [0.717, 1.165) is 57.1 Å². The van der Waals surface area contributed by atoms with Gasteiger partial charge in [-0.25, -0.2) is 0 Å². The van der Waals surface area contributed by atoms with Crippen LogP contribution in [-0.4, -0.2) is 50.1 Å². The maximum absolute atomic E-state index is 12.6. The molecule has 0 radical (unpaired) electrons. The Labute approximate surface area is 254 Å². The van der Waals surface area contributed by atoms with Gasteiger partial charge < -0.3 is 24.8 Å². The van der Waals surface area contributed by atoms with Gasteiger partial charge in [0.25, 0.3) is 5.91 Å². The molecule has 2 fully saturated rings. The quantitative estimate of drug-likeness (QED) is 0.300. The smallest absolute Gasteiger partial charge is 0.308 e. The van der Waals surface area contributed by atoms with Gasteiger partial charge in [-0.3, -0.25) is 19.2 Å². The first kappa shape index (κ1) is 32.0. The average molecular weight is 593 g/mol. The minimum atomic E-state index is -0.250. The summed E-state index contributed by atoms with van der Waals surface area (Å²) in [6.07, 6.45) is 7.91. The van der Waals surface area contributed by atoms with Gasteiger partial charge >= 0.3 is 11.9 Å². The van der Waals surface area contributed by atoms with E-state index in [9.17, 15) is 19.2 Å². The van der Waals surface area contributed by atoms with E-state index in [0.29, 0.717) is 36.2 Å². The van der Waals surface area contributed by atoms with Crippen molar-refractivity contribution < 1.29 is 33.4 Å². The fourth-order valence-corrected chi connectivity index (χ4v) is 6.03. The molecule has 9 heteroatoms. The van der Waals surface area contributed by atoms with Crippen molar-refractivity contribution in [3.63, 3.8) is 0 Å². The highest BCUT2D eigenvalue weighted by molar-refractivity contribution is 5.95. The Balaban J connectivity index is 1.13. The molecule has 232 valence electrons. The minimum Gasteiger partial charge on any atom is -0.490 e. The number of amides is 2. The molecular weight excluding hydrogens is 548 g/mol. The summed E-state index contributed by atoms with van der Waals surface area (Å²) in [5.74, 6) is 0.837.